The van der Waals surface area contributed by atoms with Crippen molar-refractivity contribution in [1.29, 1.82) is 0 Å². The minimum absolute atomic E-state index is 0.0292. The Hall–Kier alpha value is -4.76. The maximum absolute atomic E-state index is 13.3. The van der Waals surface area contributed by atoms with Crippen LogP contribution in [0.1, 0.15) is 16.7 Å². The van der Waals surface area contributed by atoms with E-state index in [1.165, 1.54) is 7.11 Å². The molecule has 37 heavy (non-hydrogen) atoms. The highest BCUT2D eigenvalue weighted by molar-refractivity contribution is 5.83. The SMILES string of the molecule is COC(=O)[C@H](Cn1cnc2c(N)nc(N)nc21)NC(c1ccccc1)(c1ccccc1)c1ccccc1. The predicted octanol–water partition coefficient (Wildman–Crippen LogP) is 3.11. The number of hydrogen-bond acceptors (Lipinski definition) is 8. The molecular weight excluding hydrogens is 466 g/mol. The smallest absolute Gasteiger partial charge is 0.324 e. The first-order chi connectivity index (χ1) is 18.0. The minimum Gasteiger partial charge on any atom is -0.468 e. The predicted molar refractivity (Wildman–Crippen MR) is 142 cm³/mol. The molecule has 5 N–H and O–H groups in total. The van der Waals surface area contributed by atoms with Crippen LogP contribution in [0.15, 0.2) is 97.3 Å². The zero-order chi connectivity index (χ0) is 25.8. The van der Waals surface area contributed by atoms with Crippen LogP contribution in [-0.4, -0.2) is 38.6 Å². The second-order valence-electron chi connectivity index (χ2n) is 8.60. The highest BCUT2D eigenvalue weighted by Gasteiger charge is 2.40. The summed E-state index contributed by atoms with van der Waals surface area (Å²) in [5, 5.41) is 3.67. The van der Waals surface area contributed by atoms with Crippen LogP contribution in [0.3, 0.4) is 0 Å². The summed E-state index contributed by atoms with van der Waals surface area (Å²) < 4.78 is 6.98. The first kappa shape index (κ1) is 24.0. The maximum Gasteiger partial charge on any atom is 0.324 e. The van der Waals surface area contributed by atoms with Crippen molar-refractivity contribution >= 4 is 28.9 Å². The van der Waals surface area contributed by atoms with Crippen molar-refractivity contribution < 1.29 is 9.53 Å². The minimum atomic E-state index is -0.883. The molecule has 0 saturated heterocycles. The van der Waals surface area contributed by atoms with Gasteiger partial charge < -0.3 is 20.8 Å². The van der Waals surface area contributed by atoms with Crippen molar-refractivity contribution in [3.8, 4) is 0 Å². The molecular formula is C28H27N7O2. The Labute approximate surface area is 214 Å². The average molecular weight is 494 g/mol. The normalized spacial score (nSPS) is 12.4. The van der Waals surface area contributed by atoms with Gasteiger partial charge in [-0.25, -0.2) is 4.98 Å². The van der Waals surface area contributed by atoms with Crippen LogP contribution in [0.25, 0.3) is 11.2 Å². The fourth-order valence-corrected chi connectivity index (χ4v) is 4.71. The van der Waals surface area contributed by atoms with Gasteiger partial charge in [-0.2, -0.15) is 9.97 Å². The number of imidazole rings is 1. The summed E-state index contributed by atoms with van der Waals surface area (Å²) in [7, 11) is 1.37. The number of nitrogens with one attached hydrogen (secondary N) is 1. The Kier molecular flexibility index (Phi) is 6.53. The molecule has 0 aliphatic carbocycles. The molecule has 186 valence electrons. The topological polar surface area (TPSA) is 134 Å². The molecule has 1 atom stereocenters. The number of carbonyl (C=O) groups is 1. The molecule has 0 aliphatic rings. The van der Waals surface area contributed by atoms with Crippen molar-refractivity contribution in [3.63, 3.8) is 0 Å². The third-order valence-electron chi connectivity index (χ3n) is 6.38. The lowest BCUT2D eigenvalue weighted by Gasteiger charge is -2.39. The van der Waals surface area contributed by atoms with Gasteiger partial charge in [-0.05, 0) is 16.7 Å². The molecule has 2 aromatic heterocycles. The summed E-state index contributed by atoms with van der Waals surface area (Å²) in [6, 6.07) is 29.3. The molecule has 0 radical (unpaired) electrons. The number of fused-ring (bicyclic) bond motifs is 1. The van der Waals surface area contributed by atoms with Crippen LogP contribution >= 0.6 is 0 Å². The lowest BCUT2D eigenvalue weighted by molar-refractivity contribution is -0.143. The fraction of sp³-hybridized carbons (Fsp3) is 0.143. The highest BCUT2D eigenvalue weighted by atomic mass is 16.5. The van der Waals surface area contributed by atoms with E-state index in [0.29, 0.717) is 11.2 Å². The van der Waals surface area contributed by atoms with Gasteiger partial charge in [0.25, 0.3) is 0 Å². The van der Waals surface area contributed by atoms with Crippen molar-refractivity contribution in [2.24, 2.45) is 0 Å². The molecule has 0 aliphatic heterocycles. The van der Waals surface area contributed by atoms with Crippen LogP contribution in [0.4, 0.5) is 11.8 Å². The monoisotopic (exact) mass is 493 g/mol. The maximum atomic E-state index is 13.3. The number of nitrogens with zero attached hydrogens (tertiary/aromatic N) is 4. The van der Waals surface area contributed by atoms with E-state index in [1.807, 2.05) is 91.0 Å². The molecule has 5 aromatic rings. The largest absolute Gasteiger partial charge is 0.468 e. The third-order valence-corrected chi connectivity index (χ3v) is 6.38. The Bertz CT molecular complexity index is 1410. The van der Waals surface area contributed by atoms with Gasteiger partial charge in [0.2, 0.25) is 5.95 Å². The van der Waals surface area contributed by atoms with Gasteiger partial charge in [0.1, 0.15) is 11.6 Å². The second-order valence-corrected chi connectivity index (χ2v) is 8.60. The summed E-state index contributed by atoms with van der Waals surface area (Å²) in [5.41, 5.74) is 14.7. The summed E-state index contributed by atoms with van der Waals surface area (Å²) >= 11 is 0. The molecule has 0 amide bonds. The van der Waals surface area contributed by atoms with E-state index in [-0.39, 0.29) is 18.3 Å². The molecule has 0 spiro atoms. The van der Waals surface area contributed by atoms with Crippen molar-refractivity contribution in [2.75, 3.05) is 18.6 Å². The van der Waals surface area contributed by atoms with Crippen LogP contribution < -0.4 is 16.8 Å². The van der Waals surface area contributed by atoms with Gasteiger partial charge in [0.05, 0.1) is 25.5 Å². The van der Waals surface area contributed by atoms with Crippen molar-refractivity contribution in [2.45, 2.75) is 18.1 Å². The lowest BCUT2D eigenvalue weighted by atomic mass is 9.76. The van der Waals surface area contributed by atoms with Gasteiger partial charge in [0.15, 0.2) is 11.5 Å². The van der Waals surface area contributed by atoms with Crippen molar-refractivity contribution in [3.05, 3.63) is 114 Å². The molecule has 0 saturated carbocycles. The standard InChI is InChI=1S/C28H27N7O2/c1-37-26(36)22(17-35-18-31-23-24(29)32-27(30)33-25(23)35)34-28(19-11-5-2-6-12-19,20-13-7-3-8-14-20)21-15-9-4-10-16-21/h2-16,18,22,34H,17H2,1H3,(H4,29,30,32,33)/t22-/m0/s1. The number of hydrogen-bond donors (Lipinski definition) is 3. The van der Waals surface area contributed by atoms with E-state index >= 15 is 0 Å². The van der Waals surface area contributed by atoms with Gasteiger partial charge in [0, 0.05) is 0 Å². The third kappa shape index (κ3) is 4.48. The Morgan fingerprint density at radius 1 is 0.892 bits per heavy atom. The molecule has 9 heteroatoms. The number of aromatic nitrogens is 4. The number of benzene rings is 3. The Morgan fingerprint density at radius 2 is 1.41 bits per heavy atom. The first-order valence-electron chi connectivity index (χ1n) is 11.8. The molecule has 9 nitrogen and oxygen atoms in total. The second kappa shape index (κ2) is 10.1. The number of ether oxygens (including phenoxy) is 1. The highest BCUT2D eigenvalue weighted by Crippen LogP contribution is 2.37. The van der Waals surface area contributed by atoms with Gasteiger partial charge in [-0.15, -0.1) is 0 Å². The Morgan fingerprint density at radius 3 is 1.89 bits per heavy atom. The zero-order valence-corrected chi connectivity index (χ0v) is 20.3. The van der Waals surface area contributed by atoms with E-state index in [1.54, 1.807) is 10.9 Å². The number of methoxy groups -OCH3 is 1. The van der Waals surface area contributed by atoms with Crippen LogP contribution in [0, 0.1) is 0 Å². The molecule has 5 rings (SSSR count). The van der Waals surface area contributed by atoms with E-state index in [9.17, 15) is 4.79 Å². The quantitative estimate of drug-likeness (QED) is 0.222. The number of anilines is 2. The number of nitrogens with two attached hydrogens (primary N) is 2. The zero-order valence-electron chi connectivity index (χ0n) is 20.3. The van der Waals surface area contributed by atoms with Crippen LogP contribution in [0.2, 0.25) is 0 Å². The van der Waals surface area contributed by atoms with Gasteiger partial charge in [-0.1, -0.05) is 91.0 Å². The van der Waals surface area contributed by atoms with Gasteiger partial charge >= 0.3 is 5.97 Å². The molecule has 3 aromatic carbocycles. The molecule has 0 unspecified atom stereocenters. The Balaban J connectivity index is 1.68. The summed E-state index contributed by atoms with van der Waals surface area (Å²) in [4.78, 5) is 25.9. The van der Waals surface area contributed by atoms with E-state index in [0.717, 1.165) is 16.7 Å². The number of rotatable bonds is 8. The molecule has 0 fully saturated rings. The van der Waals surface area contributed by atoms with Gasteiger partial charge in [-0.3, -0.25) is 10.1 Å². The number of esters is 1. The lowest BCUT2D eigenvalue weighted by Crippen LogP contribution is -2.54. The molecule has 2 heterocycles. The van der Waals surface area contributed by atoms with E-state index in [4.69, 9.17) is 16.2 Å². The summed E-state index contributed by atoms with van der Waals surface area (Å²) in [5.74, 6) is -0.235. The first-order valence-corrected chi connectivity index (χ1v) is 11.8. The average Bonchev–Trinajstić information content (AvgIpc) is 3.34. The number of nitrogen functional groups attached to an aromatic ring is 2. The number of carbonyl (C=O) groups excluding carboxylic acids is 1. The van der Waals surface area contributed by atoms with E-state index in [2.05, 4.69) is 20.3 Å². The van der Waals surface area contributed by atoms with Crippen molar-refractivity contribution in [1.82, 2.24) is 24.8 Å². The van der Waals surface area contributed by atoms with Crippen LogP contribution in [0.5, 0.6) is 0 Å². The summed E-state index contributed by atoms with van der Waals surface area (Å²) in [6.45, 7) is 0.160. The fourth-order valence-electron chi connectivity index (χ4n) is 4.71. The molecule has 0 bridgehead atoms. The summed E-state index contributed by atoms with van der Waals surface area (Å²) in [6.07, 6.45) is 1.57. The van der Waals surface area contributed by atoms with Crippen LogP contribution in [-0.2, 0) is 21.6 Å². The van der Waals surface area contributed by atoms with E-state index < -0.39 is 17.6 Å².